The molecule has 0 saturated carbocycles. The third-order valence-electron chi connectivity index (χ3n) is 6.69. The van der Waals surface area contributed by atoms with Gasteiger partial charge in [0.05, 0.1) is 34.5 Å². The number of thiophene rings is 1. The lowest BCUT2D eigenvalue weighted by Gasteiger charge is -2.40. The minimum absolute atomic E-state index is 0.0850. The minimum atomic E-state index is -1.40. The molecular formula is C26H27ClFN3O3S. The number of benzene rings is 1. The van der Waals surface area contributed by atoms with Gasteiger partial charge in [0.15, 0.2) is 0 Å². The summed E-state index contributed by atoms with van der Waals surface area (Å²) in [4.78, 5) is 20.2. The number of carbonyl (C=O) groups is 1. The van der Waals surface area contributed by atoms with Gasteiger partial charge in [-0.1, -0.05) is 29.5 Å². The highest BCUT2D eigenvalue weighted by Crippen LogP contribution is 2.42. The average Bonchev–Trinajstić information content (AvgIpc) is 3.40. The number of hydrogen-bond acceptors (Lipinski definition) is 6. The third-order valence-corrected chi connectivity index (χ3v) is 7.78. The topological polar surface area (TPSA) is 74.7 Å². The number of hydrogen-bond donors (Lipinski definition) is 2. The molecule has 1 aromatic carbocycles. The Morgan fingerprint density at radius 3 is 2.89 bits per heavy atom. The summed E-state index contributed by atoms with van der Waals surface area (Å²) < 4.78 is 20.9. The Balaban J connectivity index is 1.46. The fourth-order valence-corrected chi connectivity index (χ4v) is 5.46. The van der Waals surface area contributed by atoms with Crippen LogP contribution in [0.1, 0.15) is 42.3 Å². The highest BCUT2D eigenvalue weighted by atomic mass is 35.5. The molecule has 1 saturated heterocycles. The Morgan fingerprint density at radius 2 is 2.20 bits per heavy atom. The van der Waals surface area contributed by atoms with Crippen molar-refractivity contribution in [1.82, 2.24) is 15.4 Å². The molecule has 0 bridgehead atoms. The van der Waals surface area contributed by atoms with Gasteiger partial charge in [-0.05, 0) is 55.3 Å². The molecule has 4 rings (SSSR count). The summed E-state index contributed by atoms with van der Waals surface area (Å²) in [6.45, 7) is 1.88. The largest absolute Gasteiger partial charge is 0.497 e. The number of hydroxylamine groups is 1. The molecule has 1 amide bonds. The molecular weight excluding hydrogens is 489 g/mol. The van der Waals surface area contributed by atoms with Crippen molar-refractivity contribution in [3.63, 3.8) is 0 Å². The van der Waals surface area contributed by atoms with Crippen molar-refractivity contribution in [2.45, 2.75) is 31.9 Å². The van der Waals surface area contributed by atoms with Crippen LogP contribution in [0.4, 0.5) is 4.39 Å². The zero-order valence-electron chi connectivity index (χ0n) is 19.4. The summed E-state index contributed by atoms with van der Waals surface area (Å²) in [7, 11) is 1.54. The molecule has 0 radical (unpaired) electrons. The van der Waals surface area contributed by atoms with E-state index in [4.69, 9.17) is 16.3 Å². The van der Waals surface area contributed by atoms with Crippen LogP contribution in [0.25, 0.3) is 10.9 Å². The van der Waals surface area contributed by atoms with Crippen molar-refractivity contribution in [3.8, 4) is 17.6 Å². The Morgan fingerprint density at radius 1 is 1.40 bits per heavy atom. The lowest BCUT2D eigenvalue weighted by molar-refractivity contribution is -0.143. The van der Waals surface area contributed by atoms with Crippen LogP contribution in [0.15, 0.2) is 41.9 Å². The molecule has 184 valence electrons. The fraction of sp³-hybridized carbons (Fsp3) is 0.385. The number of methoxy groups -OCH3 is 1. The summed E-state index contributed by atoms with van der Waals surface area (Å²) in [5, 5.41) is 12.2. The molecule has 1 fully saturated rings. The predicted octanol–water partition coefficient (Wildman–Crippen LogP) is 5.39. The van der Waals surface area contributed by atoms with Gasteiger partial charge < -0.3 is 4.74 Å². The lowest BCUT2D eigenvalue weighted by atomic mass is 9.73. The SMILES string of the molecule is COc1ccc2ncc(Cl)c([C@H](F)CCC3(C(=O)NO)CCN(CC#Cc4cccs4)CC3)c2c1. The average molecular weight is 516 g/mol. The monoisotopic (exact) mass is 515 g/mol. The summed E-state index contributed by atoms with van der Waals surface area (Å²) in [6, 6.07) is 9.19. The van der Waals surface area contributed by atoms with E-state index in [9.17, 15) is 10.0 Å². The van der Waals surface area contributed by atoms with E-state index in [0.717, 1.165) is 4.88 Å². The van der Waals surface area contributed by atoms with Gasteiger partial charge in [0.25, 0.3) is 0 Å². The van der Waals surface area contributed by atoms with Crippen molar-refractivity contribution in [2.75, 3.05) is 26.7 Å². The van der Waals surface area contributed by atoms with Gasteiger partial charge in [0, 0.05) is 30.2 Å². The quantitative estimate of drug-likeness (QED) is 0.251. The number of amides is 1. The molecule has 6 nitrogen and oxygen atoms in total. The summed E-state index contributed by atoms with van der Waals surface area (Å²) in [6.07, 6.45) is 1.42. The third kappa shape index (κ3) is 5.76. The molecule has 1 aliphatic heterocycles. The minimum Gasteiger partial charge on any atom is -0.497 e. The second-order valence-corrected chi connectivity index (χ2v) is 10.0. The highest BCUT2D eigenvalue weighted by Gasteiger charge is 2.41. The van der Waals surface area contributed by atoms with E-state index in [-0.39, 0.29) is 17.9 Å². The predicted molar refractivity (Wildman–Crippen MR) is 136 cm³/mol. The maximum atomic E-state index is 15.7. The molecule has 9 heteroatoms. The molecule has 3 heterocycles. The molecule has 0 aliphatic carbocycles. The number of nitrogens with one attached hydrogen (secondary N) is 1. The number of likely N-dealkylation sites (tertiary alicyclic amines) is 1. The van der Waals surface area contributed by atoms with Crippen LogP contribution >= 0.6 is 22.9 Å². The highest BCUT2D eigenvalue weighted by molar-refractivity contribution is 7.10. The van der Waals surface area contributed by atoms with Crippen LogP contribution in [-0.4, -0.2) is 47.7 Å². The maximum absolute atomic E-state index is 15.7. The Labute approximate surface area is 213 Å². The number of carbonyl (C=O) groups excluding carboxylic acids is 1. The van der Waals surface area contributed by atoms with Gasteiger partial charge in [0.2, 0.25) is 5.91 Å². The maximum Gasteiger partial charge on any atom is 0.249 e. The molecule has 3 aromatic rings. The summed E-state index contributed by atoms with van der Waals surface area (Å²) in [5.41, 5.74) is 1.92. The van der Waals surface area contributed by atoms with Crippen LogP contribution < -0.4 is 10.2 Å². The standard InChI is InChI=1S/C26H27ClFN3O3S/c1-34-18-6-7-23-20(16-18)24(21(27)17-29-23)22(28)8-9-26(25(32)30-33)10-13-31(14-11-26)12-2-4-19-5-3-15-35-19/h3,5-7,15-17,22,33H,8-14H2,1H3,(H,30,32)/t22-/m1/s1. The van der Waals surface area contributed by atoms with Gasteiger partial charge >= 0.3 is 0 Å². The number of aromatic nitrogens is 1. The van der Waals surface area contributed by atoms with Crippen LogP contribution in [-0.2, 0) is 4.79 Å². The lowest BCUT2D eigenvalue weighted by Crippen LogP contribution is -2.48. The van der Waals surface area contributed by atoms with Crippen molar-refractivity contribution in [1.29, 1.82) is 0 Å². The molecule has 1 atom stereocenters. The fourth-order valence-electron chi connectivity index (χ4n) is 4.60. The molecule has 2 N–H and O–H groups in total. The van der Waals surface area contributed by atoms with Crippen LogP contribution in [0.5, 0.6) is 5.75 Å². The van der Waals surface area contributed by atoms with E-state index < -0.39 is 17.5 Å². The molecule has 0 spiro atoms. The van der Waals surface area contributed by atoms with Crippen molar-refractivity contribution in [3.05, 3.63) is 57.4 Å². The van der Waals surface area contributed by atoms with E-state index in [1.807, 2.05) is 23.0 Å². The van der Waals surface area contributed by atoms with Crippen LogP contribution in [0.2, 0.25) is 5.02 Å². The first-order chi connectivity index (χ1) is 17.0. The van der Waals surface area contributed by atoms with Gasteiger partial charge in [-0.3, -0.25) is 19.9 Å². The van der Waals surface area contributed by atoms with Gasteiger partial charge in [-0.15, -0.1) is 11.3 Å². The van der Waals surface area contributed by atoms with Crippen molar-refractivity contribution < 1.29 is 19.1 Å². The Hall–Kier alpha value is -2.70. The first kappa shape index (κ1) is 25.4. The second kappa shape index (κ2) is 11.4. The first-order valence-electron chi connectivity index (χ1n) is 11.4. The number of alkyl halides is 1. The molecule has 2 aromatic heterocycles. The zero-order valence-corrected chi connectivity index (χ0v) is 21.0. The van der Waals surface area contributed by atoms with E-state index >= 15 is 4.39 Å². The van der Waals surface area contributed by atoms with Gasteiger partial charge in [-0.2, -0.15) is 0 Å². The zero-order chi connectivity index (χ0) is 24.8. The first-order valence-corrected chi connectivity index (χ1v) is 12.7. The van der Waals surface area contributed by atoms with E-state index in [2.05, 4.69) is 21.7 Å². The Kier molecular flexibility index (Phi) is 8.24. The van der Waals surface area contributed by atoms with E-state index in [1.165, 1.54) is 6.20 Å². The van der Waals surface area contributed by atoms with Gasteiger partial charge in [0.1, 0.15) is 11.9 Å². The number of halogens is 2. The smallest absolute Gasteiger partial charge is 0.249 e. The van der Waals surface area contributed by atoms with Crippen molar-refractivity contribution >= 4 is 39.7 Å². The molecule has 1 aliphatic rings. The summed E-state index contributed by atoms with van der Waals surface area (Å²) in [5.74, 6) is 6.44. The number of ether oxygens (including phenoxy) is 1. The number of pyridine rings is 1. The van der Waals surface area contributed by atoms with Crippen LogP contribution in [0.3, 0.4) is 0 Å². The number of fused-ring (bicyclic) bond motifs is 1. The van der Waals surface area contributed by atoms with E-state index in [0.29, 0.717) is 54.7 Å². The van der Waals surface area contributed by atoms with Crippen molar-refractivity contribution in [2.24, 2.45) is 5.41 Å². The second-order valence-electron chi connectivity index (χ2n) is 8.69. The Bertz CT molecular complexity index is 1230. The number of piperidine rings is 1. The number of nitrogens with zero attached hydrogens (tertiary/aromatic N) is 2. The molecule has 0 unspecified atom stereocenters. The normalized spacial score (nSPS) is 16.3. The number of rotatable bonds is 7. The molecule has 35 heavy (non-hydrogen) atoms. The summed E-state index contributed by atoms with van der Waals surface area (Å²) >= 11 is 7.96. The van der Waals surface area contributed by atoms with Crippen LogP contribution in [0, 0.1) is 17.3 Å². The van der Waals surface area contributed by atoms with Gasteiger partial charge in [-0.25, -0.2) is 9.87 Å². The van der Waals surface area contributed by atoms with E-state index in [1.54, 1.807) is 36.6 Å².